The minimum atomic E-state index is -3.79. The van der Waals surface area contributed by atoms with Crippen LogP contribution in [0.4, 0.5) is 0 Å². The smallest absolute Gasteiger partial charge is 0.241 e. The fourth-order valence-corrected chi connectivity index (χ4v) is 6.22. The fourth-order valence-electron chi connectivity index (χ4n) is 4.98. The molecule has 2 heterocycles. The van der Waals surface area contributed by atoms with Crippen molar-refractivity contribution >= 4 is 15.9 Å². The number of rotatable bonds is 5. The second kappa shape index (κ2) is 8.57. The molecule has 1 amide bonds. The van der Waals surface area contributed by atoms with Crippen LogP contribution in [0.1, 0.15) is 44.2 Å². The monoisotopic (exact) mass is 435 g/mol. The van der Waals surface area contributed by atoms with Gasteiger partial charge in [-0.2, -0.15) is 4.72 Å². The molecule has 1 atom stereocenters. The number of hydrogen-bond donors (Lipinski definition) is 2. The predicted octanol–water partition coefficient (Wildman–Crippen LogP) is 1.46. The number of carbonyl (C=O) groups is 1. The van der Waals surface area contributed by atoms with Crippen LogP contribution in [-0.2, 0) is 32.4 Å². The third kappa shape index (κ3) is 4.72. The van der Waals surface area contributed by atoms with Gasteiger partial charge in [0.2, 0.25) is 15.9 Å². The molecule has 1 aliphatic carbocycles. The Hall–Kier alpha value is -1.48. The van der Waals surface area contributed by atoms with Gasteiger partial charge < -0.3 is 10.1 Å². The van der Waals surface area contributed by atoms with Crippen molar-refractivity contribution in [1.29, 1.82) is 0 Å². The van der Waals surface area contributed by atoms with E-state index in [4.69, 9.17) is 4.74 Å². The molecule has 0 radical (unpaired) electrons. The maximum Gasteiger partial charge on any atom is 0.241 e. The Morgan fingerprint density at radius 2 is 1.97 bits per heavy atom. The van der Waals surface area contributed by atoms with Crippen molar-refractivity contribution in [3.63, 3.8) is 0 Å². The van der Waals surface area contributed by atoms with Crippen LogP contribution < -0.4 is 10.0 Å². The molecule has 3 aliphatic rings. The molecule has 2 aliphatic heterocycles. The first kappa shape index (κ1) is 21.7. The summed E-state index contributed by atoms with van der Waals surface area (Å²) in [5, 5.41) is 3.18. The molecule has 1 unspecified atom stereocenters. The maximum absolute atomic E-state index is 13.1. The zero-order chi connectivity index (χ0) is 21.4. The quantitative estimate of drug-likeness (QED) is 0.731. The minimum absolute atomic E-state index is 0.243. The molecule has 2 saturated heterocycles. The molecule has 166 valence electrons. The number of fused-ring (bicyclic) bond motifs is 1. The summed E-state index contributed by atoms with van der Waals surface area (Å²) < 4.78 is 34.5. The van der Waals surface area contributed by atoms with Gasteiger partial charge in [0.15, 0.2) is 0 Å². The van der Waals surface area contributed by atoms with Gasteiger partial charge in [0.05, 0.1) is 10.4 Å². The van der Waals surface area contributed by atoms with Gasteiger partial charge in [0, 0.05) is 32.8 Å². The zero-order valence-electron chi connectivity index (χ0n) is 17.9. The lowest BCUT2D eigenvalue weighted by Crippen LogP contribution is -2.57. The number of nitrogens with one attached hydrogen (secondary N) is 2. The van der Waals surface area contributed by atoms with E-state index in [2.05, 4.69) is 28.8 Å². The van der Waals surface area contributed by atoms with Crippen LogP contribution in [0.3, 0.4) is 0 Å². The number of carbonyl (C=O) groups excluding carboxylic acids is 1. The van der Waals surface area contributed by atoms with Crippen LogP contribution >= 0.6 is 0 Å². The van der Waals surface area contributed by atoms with E-state index < -0.39 is 16.1 Å². The summed E-state index contributed by atoms with van der Waals surface area (Å²) in [7, 11) is -3.79. The van der Waals surface area contributed by atoms with Gasteiger partial charge in [-0.05, 0) is 61.3 Å². The molecular formula is C22H33N3O4S. The normalized spacial score (nSPS) is 24.6. The lowest BCUT2D eigenvalue weighted by atomic mass is 9.89. The van der Waals surface area contributed by atoms with Gasteiger partial charge in [0.1, 0.15) is 6.04 Å². The Labute approximate surface area is 179 Å². The van der Waals surface area contributed by atoms with E-state index in [1.54, 1.807) is 12.1 Å². The van der Waals surface area contributed by atoms with Crippen molar-refractivity contribution in [2.45, 2.75) is 62.4 Å². The summed E-state index contributed by atoms with van der Waals surface area (Å²) >= 11 is 0. The molecule has 30 heavy (non-hydrogen) atoms. The van der Waals surface area contributed by atoms with Gasteiger partial charge in [-0.1, -0.05) is 19.9 Å². The zero-order valence-corrected chi connectivity index (χ0v) is 18.8. The number of ether oxygens (including phenoxy) is 1. The third-order valence-corrected chi connectivity index (χ3v) is 7.89. The summed E-state index contributed by atoms with van der Waals surface area (Å²) in [6.45, 7) is 7.41. The Balaban J connectivity index is 1.56. The van der Waals surface area contributed by atoms with Gasteiger partial charge in [-0.3, -0.25) is 9.69 Å². The highest BCUT2D eigenvalue weighted by Crippen LogP contribution is 2.27. The number of aryl methyl sites for hydroxylation is 2. The van der Waals surface area contributed by atoms with Gasteiger partial charge >= 0.3 is 0 Å². The summed E-state index contributed by atoms with van der Waals surface area (Å²) in [5.74, 6) is 0.178. The average molecular weight is 436 g/mol. The summed E-state index contributed by atoms with van der Waals surface area (Å²) in [6.07, 6.45) is 4.47. The topological polar surface area (TPSA) is 87.7 Å². The minimum Gasteiger partial charge on any atom is -0.381 e. The van der Waals surface area contributed by atoms with E-state index in [-0.39, 0.29) is 16.3 Å². The van der Waals surface area contributed by atoms with Gasteiger partial charge in [0.25, 0.3) is 0 Å². The number of benzene rings is 1. The number of nitrogens with zero attached hydrogens (tertiary/aromatic N) is 1. The van der Waals surface area contributed by atoms with E-state index >= 15 is 0 Å². The van der Waals surface area contributed by atoms with Crippen LogP contribution in [0, 0.1) is 5.92 Å². The molecule has 1 aromatic rings. The highest BCUT2D eigenvalue weighted by atomic mass is 32.2. The Kier molecular flexibility index (Phi) is 6.21. The summed E-state index contributed by atoms with van der Waals surface area (Å²) in [4.78, 5) is 15.6. The van der Waals surface area contributed by atoms with Crippen LogP contribution in [0.15, 0.2) is 23.1 Å². The molecule has 2 N–H and O–H groups in total. The number of hydrogen-bond acceptors (Lipinski definition) is 5. The first-order chi connectivity index (χ1) is 14.3. The van der Waals surface area contributed by atoms with Crippen molar-refractivity contribution in [2.24, 2.45) is 5.92 Å². The molecule has 7 nitrogen and oxygen atoms in total. The van der Waals surface area contributed by atoms with Gasteiger partial charge in [-0.25, -0.2) is 8.42 Å². The van der Waals surface area contributed by atoms with E-state index in [1.807, 2.05) is 6.07 Å². The molecule has 1 spiro atoms. The molecule has 1 aromatic carbocycles. The van der Waals surface area contributed by atoms with E-state index in [0.717, 1.165) is 50.8 Å². The number of sulfonamides is 1. The Morgan fingerprint density at radius 3 is 2.70 bits per heavy atom. The first-order valence-corrected chi connectivity index (χ1v) is 12.5. The van der Waals surface area contributed by atoms with E-state index in [9.17, 15) is 13.2 Å². The second-order valence-corrected chi connectivity index (χ2v) is 11.1. The van der Waals surface area contributed by atoms with Crippen molar-refractivity contribution in [3.8, 4) is 0 Å². The third-order valence-electron chi connectivity index (χ3n) is 6.42. The standard InChI is InChI=1S/C22H33N3O4S/c1-16(2)13-25-14-20(21(26)23-22(15-25)8-10-29-11-9-22)24-30(27,28)19-7-6-17-4-3-5-18(17)12-19/h6-7,12,16,20,24H,3-5,8-11,13-15H2,1-2H3,(H,23,26). The van der Waals surface area contributed by atoms with Crippen molar-refractivity contribution in [3.05, 3.63) is 29.3 Å². The van der Waals surface area contributed by atoms with Crippen LogP contribution in [0.25, 0.3) is 0 Å². The molecule has 0 bridgehead atoms. The average Bonchev–Trinajstić information content (AvgIpc) is 3.11. The fraction of sp³-hybridized carbons (Fsp3) is 0.682. The lowest BCUT2D eigenvalue weighted by molar-refractivity contribution is -0.124. The van der Waals surface area contributed by atoms with E-state index in [0.29, 0.717) is 25.7 Å². The molecule has 0 aromatic heterocycles. The van der Waals surface area contributed by atoms with Gasteiger partial charge in [-0.15, -0.1) is 0 Å². The van der Waals surface area contributed by atoms with Crippen LogP contribution in [0.2, 0.25) is 0 Å². The summed E-state index contributed by atoms with van der Waals surface area (Å²) in [6, 6.07) is 4.52. The summed E-state index contributed by atoms with van der Waals surface area (Å²) in [5.41, 5.74) is 1.98. The lowest BCUT2D eigenvalue weighted by Gasteiger charge is -2.39. The van der Waals surface area contributed by atoms with Crippen LogP contribution in [-0.4, -0.2) is 63.7 Å². The number of amides is 1. The second-order valence-electron chi connectivity index (χ2n) is 9.43. The van der Waals surface area contributed by atoms with E-state index in [1.165, 1.54) is 5.56 Å². The first-order valence-electron chi connectivity index (χ1n) is 11.0. The predicted molar refractivity (Wildman–Crippen MR) is 115 cm³/mol. The van der Waals surface area contributed by atoms with Crippen molar-refractivity contribution < 1.29 is 17.9 Å². The highest BCUT2D eigenvalue weighted by molar-refractivity contribution is 7.89. The van der Waals surface area contributed by atoms with Crippen LogP contribution in [0.5, 0.6) is 0 Å². The maximum atomic E-state index is 13.1. The molecule has 2 fully saturated rings. The SMILES string of the molecule is CC(C)CN1CC(NS(=O)(=O)c2ccc3c(c2)CCC3)C(=O)NC2(CCOCC2)C1. The largest absolute Gasteiger partial charge is 0.381 e. The Bertz CT molecular complexity index is 894. The van der Waals surface area contributed by atoms with Crippen molar-refractivity contribution in [2.75, 3.05) is 32.8 Å². The van der Waals surface area contributed by atoms with Crippen molar-refractivity contribution in [1.82, 2.24) is 14.9 Å². The Morgan fingerprint density at radius 1 is 1.23 bits per heavy atom. The molecular weight excluding hydrogens is 402 g/mol. The molecule has 0 saturated carbocycles. The highest BCUT2D eigenvalue weighted by Gasteiger charge is 2.42. The molecule has 8 heteroatoms. The molecule has 4 rings (SSSR count).